The quantitative estimate of drug-likeness (QED) is 0.812. The topological polar surface area (TPSA) is 61.4 Å². The van der Waals surface area contributed by atoms with Crippen LogP contribution in [0.2, 0.25) is 0 Å². The van der Waals surface area contributed by atoms with Gasteiger partial charge in [-0.05, 0) is 6.42 Å². The van der Waals surface area contributed by atoms with Gasteiger partial charge in [0.1, 0.15) is 17.8 Å². The Morgan fingerprint density at radius 1 is 1.38 bits per heavy atom. The third-order valence-corrected chi connectivity index (χ3v) is 4.38. The standard InChI is InChI=1S/C15H18F3N5O/c1-2-3-19-14(24)8-23-10-4-11(23)7-22(6-10)13-5-12(15(16,17)18)20-9-21-13/h2,5,9-11H,1,3-4,6-8H2,(H,19,24). The number of aromatic nitrogens is 2. The summed E-state index contributed by atoms with van der Waals surface area (Å²) in [6.45, 7) is 5.38. The van der Waals surface area contributed by atoms with Gasteiger partial charge < -0.3 is 10.2 Å². The molecule has 1 N–H and O–H groups in total. The number of carbonyl (C=O) groups excluding carboxylic acids is 1. The number of nitrogens with zero attached hydrogens (tertiary/aromatic N) is 4. The normalized spacial score (nSPS) is 23.5. The van der Waals surface area contributed by atoms with Crippen LogP contribution >= 0.6 is 0 Å². The van der Waals surface area contributed by atoms with E-state index in [2.05, 4.69) is 26.8 Å². The van der Waals surface area contributed by atoms with Gasteiger partial charge >= 0.3 is 6.18 Å². The summed E-state index contributed by atoms with van der Waals surface area (Å²) < 4.78 is 38.3. The molecule has 1 aromatic heterocycles. The Bertz CT molecular complexity index is 624. The molecule has 0 spiro atoms. The summed E-state index contributed by atoms with van der Waals surface area (Å²) in [5, 5.41) is 2.73. The molecule has 3 aliphatic rings. The van der Waals surface area contributed by atoms with Gasteiger partial charge in [-0.3, -0.25) is 9.69 Å². The van der Waals surface area contributed by atoms with Crippen LogP contribution in [0.3, 0.4) is 0 Å². The van der Waals surface area contributed by atoms with E-state index in [0.29, 0.717) is 26.2 Å². The lowest BCUT2D eigenvalue weighted by Gasteiger charge is -2.56. The number of hydrogen-bond donors (Lipinski definition) is 1. The first-order valence-electron chi connectivity index (χ1n) is 7.66. The van der Waals surface area contributed by atoms with Gasteiger partial charge in [-0.15, -0.1) is 6.58 Å². The van der Waals surface area contributed by atoms with Crippen LogP contribution in [0.4, 0.5) is 19.0 Å². The predicted octanol–water partition coefficient (Wildman–Crippen LogP) is 1.06. The molecule has 9 heteroatoms. The number of alkyl halides is 3. The van der Waals surface area contributed by atoms with Crippen molar-refractivity contribution < 1.29 is 18.0 Å². The number of halogens is 3. The van der Waals surface area contributed by atoms with E-state index in [1.54, 1.807) is 6.08 Å². The highest BCUT2D eigenvalue weighted by Gasteiger charge is 2.45. The number of nitrogens with one attached hydrogen (secondary N) is 1. The van der Waals surface area contributed by atoms with Crippen LogP contribution in [0.1, 0.15) is 12.1 Å². The second kappa shape index (κ2) is 6.39. The van der Waals surface area contributed by atoms with E-state index in [9.17, 15) is 18.0 Å². The third-order valence-electron chi connectivity index (χ3n) is 4.38. The molecular weight excluding hydrogens is 323 g/mol. The summed E-state index contributed by atoms with van der Waals surface area (Å²) in [7, 11) is 0. The van der Waals surface area contributed by atoms with Crippen molar-refractivity contribution in [3.8, 4) is 0 Å². The maximum absolute atomic E-state index is 12.8. The van der Waals surface area contributed by atoms with E-state index < -0.39 is 11.9 Å². The van der Waals surface area contributed by atoms with Crippen LogP contribution in [-0.4, -0.2) is 59.0 Å². The Labute approximate surface area is 137 Å². The predicted molar refractivity (Wildman–Crippen MR) is 81.4 cm³/mol. The van der Waals surface area contributed by atoms with Crippen LogP contribution in [0.25, 0.3) is 0 Å². The smallest absolute Gasteiger partial charge is 0.353 e. The van der Waals surface area contributed by atoms with E-state index in [-0.39, 0.29) is 23.8 Å². The van der Waals surface area contributed by atoms with E-state index >= 15 is 0 Å². The third kappa shape index (κ3) is 3.35. The summed E-state index contributed by atoms with van der Waals surface area (Å²) >= 11 is 0. The van der Waals surface area contributed by atoms with Crippen molar-refractivity contribution in [2.75, 3.05) is 31.1 Å². The molecule has 24 heavy (non-hydrogen) atoms. The Hall–Kier alpha value is -2.16. The number of rotatable bonds is 5. The maximum Gasteiger partial charge on any atom is 0.433 e. The fourth-order valence-corrected chi connectivity index (χ4v) is 3.22. The molecule has 2 atom stereocenters. The first-order chi connectivity index (χ1) is 11.4. The van der Waals surface area contributed by atoms with E-state index in [1.807, 2.05) is 4.90 Å². The maximum atomic E-state index is 12.8. The zero-order valence-corrected chi connectivity index (χ0v) is 13.0. The second-order valence-corrected chi connectivity index (χ2v) is 5.97. The molecule has 1 amide bonds. The first kappa shape index (κ1) is 16.7. The molecule has 4 rings (SSSR count). The number of hydrogen-bond acceptors (Lipinski definition) is 5. The fraction of sp³-hybridized carbons (Fsp3) is 0.533. The summed E-state index contributed by atoms with van der Waals surface area (Å²) in [4.78, 5) is 22.9. The van der Waals surface area contributed by atoms with Gasteiger partial charge in [-0.25, -0.2) is 9.97 Å². The van der Waals surface area contributed by atoms with E-state index in [1.165, 1.54) is 0 Å². The van der Waals surface area contributed by atoms with Crippen LogP contribution in [-0.2, 0) is 11.0 Å². The number of piperazine rings is 1. The van der Waals surface area contributed by atoms with Crippen molar-refractivity contribution in [1.82, 2.24) is 20.2 Å². The molecule has 6 nitrogen and oxygen atoms in total. The number of anilines is 1. The molecule has 3 fully saturated rings. The highest BCUT2D eigenvalue weighted by Crippen LogP contribution is 2.35. The summed E-state index contributed by atoms with van der Waals surface area (Å²) in [5.74, 6) is 0.210. The second-order valence-electron chi connectivity index (χ2n) is 5.97. The minimum atomic E-state index is -4.48. The number of amides is 1. The zero-order chi connectivity index (χ0) is 17.3. The van der Waals surface area contributed by atoms with Gasteiger partial charge in [0.15, 0.2) is 0 Å². The molecule has 0 radical (unpaired) electrons. The lowest BCUT2D eigenvalue weighted by Crippen LogP contribution is -2.70. The lowest BCUT2D eigenvalue weighted by atomic mass is 9.87. The average molecular weight is 341 g/mol. The molecule has 0 saturated carbocycles. The lowest BCUT2D eigenvalue weighted by molar-refractivity contribution is -0.141. The van der Waals surface area contributed by atoms with Gasteiger partial charge in [0.2, 0.25) is 5.91 Å². The average Bonchev–Trinajstić information content (AvgIpc) is 2.57. The molecular formula is C15H18F3N5O. The summed E-state index contributed by atoms with van der Waals surface area (Å²) in [6, 6.07) is 1.29. The highest BCUT2D eigenvalue weighted by molar-refractivity contribution is 5.78. The van der Waals surface area contributed by atoms with Gasteiger partial charge in [0, 0.05) is 37.8 Å². The molecule has 3 aliphatic heterocycles. The van der Waals surface area contributed by atoms with Crippen molar-refractivity contribution in [2.24, 2.45) is 0 Å². The van der Waals surface area contributed by atoms with Crippen molar-refractivity contribution in [3.63, 3.8) is 0 Å². The summed E-state index contributed by atoms with van der Waals surface area (Å²) in [6.07, 6.45) is -0.975. The molecule has 0 aliphatic carbocycles. The zero-order valence-electron chi connectivity index (χ0n) is 13.0. The van der Waals surface area contributed by atoms with Gasteiger partial charge in [-0.2, -0.15) is 13.2 Å². The Morgan fingerprint density at radius 2 is 2.08 bits per heavy atom. The van der Waals surface area contributed by atoms with Crippen LogP contribution in [0.5, 0.6) is 0 Å². The SMILES string of the molecule is C=CCNC(=O)CN1C2CC1CN(c1cc(C(F)(F)F)ncn1)C2. The number of fused-ring (bicyclic) bond motifs is 2. The highest BCUT2D eigenvalue weighted by atomic mass is 19.4. The molecule has 2 bridgehead atoms. The van der Waals surface area contributed by atoms with Crippen molar-refractivity contribution in [3.05, 3.63) is 30.7 Å². The molecule has 0 aromatic carbocycles. The van der Waals surface area contributed by atoms with Gasteiger partial charge in [-0.1, -0.05) is 6.08 Å². The molecule has 4 heterocycles. The van der Waals surface area contributed by atoms with Crippen LogP contribution in [0.15, 0.2) is 25.0 Å². The van der Waals surface area contributed by atoms with Crippen molar-refractivity contribution in [2.45, 2.75) is 24.7 Å². The van der Waals surface area contributed by atoms with Crippen LogP contribution < -0.4 is 10.2 Å². The molecule has 3 saturated heterocycles. The minimum Gasteiger partial charge on any atom is -0.353 e. The fourth-order valence-electron chi connectivity index (χ4n) is 3.22. The van der Waals surface area contributed by atoms with Gasteiger partial charge in [0.05, 0.1) is 6.54 Å². The molecule has 2 unspecified atom stereocenters. The Balaban J connectivity index is 1.61. The van der Waals surface area contributed by atoms with Gasteiger partial charge in [0.25, 0.3) is 0 Å². The van der Waals surface area contributed by atoms with Crippen LogP contribution in [0, 0.1) is 0 Å². The van der Waals surface area contributed by atoms with E-state index in [0.717, 1.165) is 18.8 Å². The largest absolute Gasteiger partial charge is 0.433 e. The molecule has 130 valence electrons. The van der Waals surface area contributed by atoms with Crippen molar-refractivity contribution in [1.29, 1.82) is 0 Å². The summed E-state index contributed by atoms with van der Waals surface area (Å²) in [5.41, 5.74) is -0.938. The first-order valence-corrected chi connectivity index (χ1v) is 7.66. The Morgan fingerprint density at radius 3 is 2.71 bits per heavy atom. The van der Waals surface area contributed by atoms with Crippen molar-refractivity contribution >= 4 is 11.7 Å². The molecule has 1 aromatic rings. The Kier molecular flexibility index (Phi) is 4.44. The number of piperidine rings is 1. The minimum absolute atomic E-state index is 0.0700. The monoisotopic (exact) mass is 341 g/mol. The number of carbonyl (C=O) groups is 1. The van der Waals surface area contributed by atoms with E-state index in [4.69, 9.17) is 0 Å².